The lowest BCUT2D eigenvalue weighted by molar-refractivity contribution is 0.0706. The zero-order valence-corrected chi connectivity index (χ0v) is 16.0. The molecule has 0 spiro atoms. The Labute approximate surface area is 164 Å². The molecule has 142 valence electrons. The van der Waals surface area contributed by atoms with E-state index in [0.29, 0.717) is 35.7 Å². The molecule has 2 fully saturated rings. The summed E-state index contributed by atoms with van der Waals surface area (Å²) in [5, 5.41) is 3.60. The van der Waals surface area contributed by atoms with Gasteiger partial charge in [-0.05, 0) is 44.2 Å². The van der Waals surface area contributed by atoms with E-state index in [4.69, 9.17) is 0 Å². The van der Waals surface area contributed by atoms with Crippen molar-refractivity contribution in [2.75, 3.05) is 19.6 Å². The fraction of sp³-hybridized carbons (Fsp3) is 0.500. The van der Waals surface area contributed by atoms with Gasteiger partial charge in [-0.3, -0.25) is 14.8 Å². The van der Waals surface area contributed by atoms with Gasteiger partial charge in [0, 0.05) is 37.6 Å². The lowest BCUT2D eigenvalue weighted by Gasteiger charge is -2.32. The molecule has 0 atom stereocenters. The van der Waals surface area contributed by atoms with Gasteiger partial charge in [0.1, 0.15) is 11.3 Å². The molecule has 2 aromatic rings. The van der Waals surface area contributed by atoms with Gasteiger partial charge >= 0.3 is 0 Å². The van der Waals surface area contributed by atoms with Gasteiger partial charge in [-0.1, -0.05) is 0 Å². The predicted molar refractivity (Wildman–Crippen MR) is 104 cm³/mol. The third kappa shape index (κ3) is 4.61. The summed E-state index contributed by atoms with van der Waals surface area (Å²) in [7, 11) is 0. The standard InChI is InChI=1S/C18H21FN4O.2ClH/c19-13-9-15(17-16(10-13)20-5-6-21-17)18(24)23-7-3-14(4-8-23)22-11-12-1-2-12;;/h5-6,9-10,12,14,22H,1-4,7-8,11H2;2*1H. The number of carbonyl (C=O) groups excluding carboxylic acids is 1. The third-order valence-corrected chi connectivity index (χ3v) is 4.94. The number of hydrogen-bond donors (Lipinski definition) is 1. The fourth-order valence-electron chi connectivity index (χ4n) is 3.32. The van der Waals surface area contributed by atoms with E-state index in [1.807, 2.05) is 0 Å². The molecule has 1 amide bonds. The highest BCUT2D eigenvalue weighted by atomic mass is 35.5. The van der Waals surface area contributed by atoms with Crippen molar-refractivity contribution in [2.45, 2.75) is 31.7 Å². The number of amides is 1. The van der Waals surface area contributed by atoms with E-state index < -0.39 is 5.82 Å². The van der Waals surface area contributed by atoms with E-state index in [1.165, 1.54) is 37.4 Å². The number of nitrogens with one attached hydrogen (secondary N) is 1. The lowest BCUT2D eigenvalue weighted by atomic mass is 10.0. The van der Waals surface area contributed by atoms with Crippen LogP contribution in [0.3, 0.4) is 0 Å². The molecule has 0 bridgehead atoms. The predicted octanol–water partition coefficient (Wildman–Crippen LogP) is 3.22. The van der Waals surface area contributed by atoms with E-state index in [0.717, 1.165) is 25.3 Å². The van der Waals surface area contributed by atoms with E-state index in [2.05, 4.69) is 15.3 Å². The first-order valence-electron chi connectivity index (χ1n) is 8.63. The molecule has 5 nitrogen and oxygen atoms in total. The molecule has 2 heterocycles. The highest BCUT2D eigenvalue weighted by molar-refractivity contribution is 6.04. The van der Waals surface area contributed by atoms with Crippen LogP contribution in [0.2, 0.25) is 0 Å². The normalized spacial score (nSPS) is 17.5. The van der Waals surface area contributed by atoms with E-state index in [9.17, 15) is 9.18 Å². The minimum Gasteiger partial charge on any atom is -0.338 e. The molecule has 1 aromatic heterocycles. The van der Waals surface area contributed by atoms with E-state index >= 15 is 0 Å². The molecule has 0 radical (unpaired) electrons. The van der Waals surface area contributed by atoms with Crippen molar-refractivity contribution in [3.05, 3.63) is 35.9 Å². The van der Waals surface area contributed by atoms with Gasteiger partial charge in [-0.25, -0.2) is 4.39 Å². The Balaban J connectivity index is 0.00000121. The molecule has 1 aliphatic carbocycles. The topological polar surface area (TPSA) is 58.1 Å². The maximum atomic E-state index is 13.8. The summed E-state index contributed by atoms with van der Waals surface area (Å²) in [5.41, 5.74) is 1.20. The average molecular weight is 401 g/mol. The number of rotatable bonds is 4. The number of benzene rings is 1. The summed E-state index contributed by atoms with van der Waals surface area (Å²) >= 11 is 0. The van der Waals surface area contributed by atoms with Crippen LogP contribution in [0, 0.1) is 11.7 Å². The molecule has 1 aliphatic heterocycles. The second-order valence-electron chi connectivity index (χ2n) is 6.80. The van der Waals surface area contributed by atoms with Crippen molar-refractivity contribution in [2.24, 2.45) is 5.92 Å². The smallest absolute Gasteiger partial charge is 0.256 e. The molecule has 4 rings (SSSR count). The number of aromatic nitrogens is 2. The van der Waals surface area contributed by atoms with Crippen molar-refractivity contribution < 1.29 is 9.18 Å². The third-order valence-electron chi connectivity index (χ3n) is 4.94. The average Bonchev–Trinajstić information content (AvgIpc) is 3.43. The Morgan fingerprint density at radius 1 is 1.12 bits per heavy atom. The highest BCUT2D eigenvalue weighted by Crippen LogP contribution is 2.28. The zero-order chi connectivity index (χ0) is 16.5. The summed E-state index contributed by atoms with van der Waals surface area (Å²) < 4.78 is 13.8. The summed E-state index contributed by atoms with van der Waals surface area (Å²) in [5.74, 6) is 0.259. The van der Waals surface area contributed by atoms with Crippen molar-refractivity contribution in [1.82, 2.24) is 20.2 Å². The van der Waals surface area contributed by atoms with Gasteiger partial charge in [0.05, 0.1) is 11.1 Å². The zero-order valence-electron chi connectivity index (χ0n) is 14.4. The molecular weight excluding hydrogens is 378 g/mol. The quantitative estimate of drug-likeness (QED) is 0.855. The van der Waals surface area contributed by atoms with Gasteiger partial charge in [-0.2, -0.15) is 0 Å². The molecule has 2 aliphatic rings. The Morgan fingerprint density at radius 3 is 2.50 bits per heavy atom. The fourth-order valence-corrected chi connectivity index (χ4v) is 3.32. The van der Waals surface area contributed by atoms with Crippen molar-refractivity contribution in [3.8, 4) is 0 Å². The number of likely N-dealkylation sites (tertiary alicyclic amines) is 1. The minimum atomic E-state index is -0.452. The Kier molecular flexibility index (Phi) is 7.15. The van der Waals surface area contributed by atoms with Crippen LogP contribution in [0.1, 0.15) is 36.0 Å². The molecule has 1 saturated carbocycles. The lowest BCUT2D eigenvalue weighted by Crippen LogP contribution is -2.45. The van der Waals surface area contributed by atoms with Crippen LogP contribution in [0.25, 0.3) is 11.0 Å². The monoisotopic (exact) mass is 400 g/mol. The largest absolute Gasteiger partial charge is 0.338 e. The Hall–Kier alpha value is -1.50. The second-order valence-corrected chi connectivity index (χ2v) is 6.80. The van der Waals surface area contributed by atoms with Gasteiger partial charge in [0.15, 0.2) is 0 Å². The number of piperidine rings is 1. The van der Waals surface area contributed by atoms with Gasteiger partial charge in [0.2, 0.25) is 0 Å². The molecule has 1 N–H and O–H groups in total. The van der Waals surface area contributed by atoms with Crippen LogP contribution >= 0.6 is 24.8 Å². The number of nitrogens with zero attached hydrogens (tertiary/aromatic N) is 3. The molecule has 1 aromatic carbocycles. The number of halogens is 3. The van der Waals surface area contributed by atoms with E-state index in [-0.39, 0.29) is 30.7 Å². The van der Waals surface area contributed by atoms with Gasteiger partial charge in [-0.15, -0.1) is 24.8 Å². The number of carbonyl (C=O) groups is 1. The van der Waals surface area contributed by atoms with Crippen LogP contribution < -0.4 is 5.32 Å². The van der Waals surface area contributed by atoms with Crippen LogP contribution in [0.5, 0.6) is 0 Å². The Morgan fingerprint density at radius 2 is 1.81 bits per heavy atom. The SMILES string of the molecule is Cl.Cl.O=C(c1cc(F)cc2nccnc12)N1CCC(NCC2CC2)CC1. The first-order chi connectivity index (χ1) is 11.7. The first-order valence-corrected chi connectivity index (χ1v) is 8.63. The molecule has 8 heteroatoms. The Bertz CT molecular complexity index is 764. The summed E-state index contributed by atoms with van der Waals surface area (Å²) in [6, 6.07) is 3.07. The van der Waals surface area contributed by atoms with Crippen molar-refractivity contribution >= 4 is 41.8 Å². The van der Waals surface area contributed by atoms with Gasteiger partial charge in [0.25, 0.3) is 5.91 Å². The van der Waals surface area contributed by atoms with Crippen molar-refractivity contribution in [1.29, 1.82) is 0 Å². The summed E-state index contributed by atoms with van der Waals surface area (Å²) in [6.07, 6.45) is 7.61. The number of hydrogen-bond acceptors (Lipinski definition) is 4. The summed E-state index contributed by atoms with van der Waals surface area (Å²) in [6.45, 7) is 2.49. The molecule has 26 heavy (non-hydrogen) atoms. The van der Waals surface area contributed by atoms with Gasteiger partial charge < -0.3 is 10.2 Å². The summed E-state index contributed by atoms with van der Waals surface area (Å²) in [4.78, 5) is 22.9. The molecular formula is C18H23Cl2FN4O. The minimum absolute atomic E-state index is 0. The van der Waals surface area contributed by atoms with Crippen LogP contribution in [-0.2, 0) is 0 Å². The highest BCUT2D eigenvalue weighted by Gasteiger charge is 2.27. The van der Waals surface area contributed by atoms with Crippen LogP contribution in [-0.4, -0.2) is 46.5 Å². The number of fused-ring (bicyclic) bond motifs is 1. The van der Waals surface area contributed by atoms with E-state index in [1.54, 1.807) is 4.90 Å². The maximum Gasteiger partial charge on any atom is 0.256 e. The van der Waals surface area contributed by atoms with Crippen molar-refractivity contribution in [3.63, 3.8) is 0 Å². The molecule has 1 saturated heterocycles. The first kappa shape index (κ1) is 20.8. The second kappa shape index (κ2) is 8.93. The van der Waals surface area contributed by atoms with Crippen LogP contribution in [0.15, 0.2) is 24.5 Å². The maximum absolute atomic E-state index is 13.8. The van der Waals surface area contributed by atoms with Crippen LogP contribution in [0.4, 0.5) is 4.39 Å². The molecule has 0 unspecified atom stereocenters.